The number of hydrogen-bond acceptors (Lipinski definition) is 6. The molecular formula is C20H22N4O2. The molecule has 0 atom stereocenters. The predicted octanol–water partition coefficient (Wildman–Crippen LogP) is 4.76. The van der Waals surface area contributed by atoms with E-state index in [4.69, 9.17) is 9.47 Å². The van der Waals surface area contributed by atoms with E-state index in [-0.39, 0.29) is 0 Å². The molecule has 1 aromatic heterocycles. The average Bonchev–Trinajstić information content (AvgIpc) is 2.66. The molecule has 3 rings (SSSR count). The highest BCUT2D eigenvalue weighted by Gasteiger charge is 2.02. The van der Waals surface area contributed by atoms with Gasteiger partial charge in [0.2, 0.25) is 0 Å². The maximum absolute atomic E-state index is 5.45. The van der Waals surface area contributed by atoms with Crippen molar-refractivity contribution in [3.63, 3.8) is 0 Å². The first-order chi connectivity index (χ1) is 12.8. The van der Waals surface area contributed by atoms with E-state index in [9.17, 15) is 0 Å². The van der Waals surface area contributed by atoms with E-state index >= 15 is 0 Å². The van der Waals surface area contributed by atoms with Crippen LogP contribution in [-0.4, -0.2) is 23.2 Å². The van der Waals surface area contributed by atoms with Crippen LogP contribution in [0.4, 0.5) is 23.0 Å². The van der Waals surface area contributed by atoms with E-state index in [1.807, 2.05) is 68.4 Å². The Hall–Kier alpha value is -3.28. The number of nitrogens with zero attached hydrogens (tertiary/aromatic N) is 2. The molecule has 3 aromatic rings. The SMILES string of the molecule is CCOc1ccc(Nc2cc(Nc3ccc(OCC)cc3)ncn2)cc1. The van der Waals surface area contributed by atoms with Crippen molar-refractivity contribution in [3.05, 3.63) is 60.9 Å². The predicted molar refractivity (Wildman–Crippen MR) is 104 cm³/mol. The van der Waals surface area contributed by atoms with Gasteiger partial charge in [-0.05, 0) is 62.4 Å². The van der Waals surface area contributed by atoms with Gasteiger partial charge in [-0.1, -0.05) is 0 Å². The quantitative estimate of drug-likeness (QED) is 0.610. The Balaban J connectivity index is 1.65. The normalized spacial score (nSPS) is 10.2. The summed E-state index contributed by atoms with van der Waals surface area (Å²) in [5.41, 5.74) is 1.86. The van der Waals surface area contributed by atoms with Gasteiger partial charge in [0.15, 0.2) is 0 Å². The van der Waals surface area contributed by atoms with Gasteiger partial charge in [-0.15, -0.1) is 0 Å². The van der Waals surface area contributed by atoms with E-state index in [2.05, 4.69) is 20.6 Å². The number of anilines is 4. The standard InChI is InChI=1S/C20H22N4O2/c1-3-25-17-9-5-15(6-10-17)23-19-13-20(22-14-21-19)24-16-7-11-18(12-8-16)26-4-2/h5-14H,3-4H2,1-2H3,(H2,21,22,23,24). The topological polar surface area (TPSA) is 68.3 Å². The summed E-state index contributed by atoms with van der Waals surface area (Å²) in [7, 11) is 0. The van der Waals surface area contributed by atoms with E-state index in [0.717, 1.165) is 22.9 Å². The van der Waals surface area contributed by atoms with Gasteiger partial charge >= 0.3 is 0 Å². The lowest BCUT2D eigenvalue weighted by molar-refractivity contribution is 0.340. The maximum Gasteiger partial charge on any atom is 0.135 e. The Morgan fingerprint density at radius 2 is 1.12 bits per heavy atom. The molecule has 0 aliphatic rings. The first kappa shape index (κ1) is 17.5. The van der Waals surface area contributed by atoms with Crippen molar-refractivity contribution in [2.45, 2.75) is 13.8 Å². The molecule has 0 saturated heterocycles. The summed E-state index contributed by atoms with van der Waals surface area (Å²) in [5, 5.41) is 6.52. The second kappa shape index (κ2) is 8.71. The monoisotopic (exact) mass is 350 g/mol. The lowest BCUT2D eigenvalue weighted by atomic mass is 10.3. The summed E-state index contributed by atoms with van der Waals surface area (Å²) in [5.74, 6) is 3.10. The summed E-state index contributed by atoms with van der Waals surface area (Å²) >= 11 is 0. The molecule has 0 aliphatic heterocycles. The average molecular weight is 350 g/mol. The van der Waals surface area contributed by atoms with Crippen LogP contribution in [0.15, 0.2) is 60.9 Å². The van der Waals surface area contributed by atoms with Crippen molar-refractivity contribution in [1.29, 1.82) is 0 Å². The number of nitrogens with one attached hydrogen (secondary N) is 2. The van der Waals surface area contributed by atoms with E-state index in [0.29, 0.717) is 24.8 Å². The van der Waals surface area contributed by atoms with Crippen LogP contribution >= 0.6 is 0 Å². The molecule has 0 fully saturated rings. The Labute approximate surface area is 153 Å². The maximum atomic E-state index is 5.45. The molecule has 0 aliphatic carbocycles. The van der Waals surface area contributed by atoms with Gasteiger partial charge in [0.05, 0.1) is 13.2 Å². The number of rotatable bonds is 8. The lowest BCUT2D eigenvalue weighted by Crippen LogP contribution is -1.99. The molecule has 0 bridgehead atoms. The summed E-state index contributed by atoms with van der Waals surface area (Å²) < 4.78 is 10.9. The fourth-order valence-corrected chi connectivity index (χ4v) is 2.39. The Kier molecular flexibility index (Phi) is 5.88. The molecule has 26 heavy (non-hydrogen) atoms. The summed E-state index contributed by atoms with van der Waals surface area (Å²) in [4.78, 5) is 8.52. The highest BCUT2D eigenvalue weighted by Crippen LogP contribution is 2.22. The molecule has 6 nitrogen and oxygen atoms in total. The lowest BCUT2D eigenvalue weighted by Gasteiger charge is -2.10. The Morgan fingerprint density at radius 1 is 0.692 bits per heavy atom. The number of hydrogen-bond donors (Lipinski definition) is 2. The molecule has 0 saturated carbocycles. The van der Waals surface area contributed by atoms with Crippen LogP contribution in [0.3, 0.4) is 0 Å². The van der Waals surface area contributed by atoms with E-state index in [1.165, 1.54) is 6.33 Å². The van der Waals surface area contributed by atoms with Crippen LogP contribution < -0.4 is 20.1 Å². The number of aromatic nitrogens is 2. The minimum atomic E-state index is 0.652. The van der Waals surface area contributed by atoms with Crippen LogP contribution in [0.1, 0.15) is 13.8 Å². The van der Waals surface area contributed by atoms with Gasteiger partial charge in [0.1, 0.15) is 29.5 Å². The van der Waals surface area contributed by atoms with Gasteiger partial charge in [-0.3, -0.25) is 0 Å². The molecule has 2 aromatic carbocycles. The third-order valence-electron chi connectivity index (χ3n) is 3.54. The fourth-order valence-electron chi connectivity index (χ4n) is 2.39. The van der Waals surface area contributed by atoms with E-state index in [1.54, 1.807) is 0 Å². The Morgan fingerprint density at radius 3 is 1.50 bits per heavy atom. The molecule has 134 valence electrons. The molecule has 1 heterocycles. The zero-order valence-corrected chi connectivity index (χ0v) is 14.9. The largest absolute Gasteiger partial charge is 0.494 e. The van der Waals surface area contributed by atoms with Crippen molar-refractivity contribution < 1.29 is 9.47 Å². The van der Waals surface area contributed by atoms with Crippen molar-refractivity contribution in [3.8, 4) is 11.5 Å². The zero-order chi connectivity index (χ0) is 18.2. The summed E-state index contributed by atoms with van der Waals surface area (Å²) in [6.45, 7) is 5.23. The highest BCUT2D eigenvalue weighted by molar-refractivity contribution is 5.63. The third kappa shape index (κ3) is 4.86. The minimum absolute atomic E-state index is 0.652. The fraction of sp³-hybridized carbons (Fsp3) is 0.200. The van der Waals surface area contributed by atoms with E-state index < -0.39 is 0 Å². The highest BCUT2D eigenvalue weighted by atomic mass is 16.5. The minimum Gasteiger partial charge on any atom is -0.494 e. The molecule has 2 N–H and O–H groups in total. The summed E-state index contributed by atoms with van der Waals surface area (Å²) in [6, 6.07) is 17.3. The van der Waals surface area contributed by atoms with Gasteiger partial charge in [0.25, 0.3) is 0 Å². The van der Waals surface area contributed by atoms with Crippen molar-refractivity contribution in [2.75, 3.05) is 23.8 Å². The summed E-state index contributed by atoms with van der Waals surface area (Å²) in [6.07, 6.45) is 1.52. The van der Waals surface area contributed by atoms with Gasteiger partial charge in [0, 0.05) is 17.4 Å². The molecule has 0 amide bonds. The van der Waals surface area contributed by atoms with Crippen LogP contribution in [0.5, 0.6) is 11.5 Å². The van der Waals surface area contributed by atoms with Crippen molar-refractivity contribution in [2.24, 2.45) is 0 Å². The first-order valence-electron chi connectivity index (χ1n) is 8.58. The van der Waals surface area contributed by atoms with Crippen molar-refractivity contribution in [1.82, 2.24) is 9.97 Å². The van der Waals surface area contributed by atoms with Crippen LogP contribution in [-0.2, 0) is 0 Å². The number of ether oxygens (including phenoxy) is 2. The number of benzene rings is 2. The molecule has 0 radical (unpaired) electrons. The third-order valence-corrected chi connectivity index (χ3v) is 3.54. The van der Waals surface area contributed by atoms with Gasteiger partial charge in [-0.25, -0.2) is 9.97 Å². The van der Waals surface area contributed by atoms with Gasteiger partial charge < -0.3 is 20.1 Å². The van der Waals surface area contributed by atoms with Crippen molar-refractivity contribution >= 4 is 23.0 Å². The van der Waals surface area contributed by atoms with Crippen LogP contribution in [0.25, 0.3) is 0 Å². The zero-order valence-electron chi connectivity index (χ0n) is 14.9. The molecule has 6 heteroatoms. The van der Waals surface area contributed by atoms with Gasteiger partial charge in [-0.2, -0.15) is 0 Å². The Bertz CT molecular complexity index is 753. The molecular weight excluding hydrogens is 328 g/mol. The molecule has 0 spiro atoms. The first-order valence-corrected chi connectivity index (χ1v) is 8.58. The second-order valence-electron chi connectivity index (χ2n) is 5.45. The van der Waals surface area contributed by atoms with Crippen LogP contribution in [0, 0.1) is 0 Å². The van der Waals surface area contributed by atoms with Crippen LogP contribution in [0.2, 0.25) is 0 Å². The molecule has 0 unspecified atom stereocenters. The second-order valence-corrected chi connectivity index (χ2v) is 5.45. The smallest absolute Gasteiger partial charge is 0.135 e.